The zero-order chi connectivity index (χ0) is 7.84. The zero-order valence-electron chi connectivity index (χ0n) is 6.08. The van der Waals surface area contributed by atoms with Gasteiger partial charge in [0, 0.05) is 0 Å². The number of imidazole rings is 1. The summed E-state index contributed by atoms with van der Waals surface area (Å²) in [5.74, 6) is -0.275. The molecule has 0 atom stereocenters. The standard InChI is InChI=1S/C8H7FN2/c1-6-2-3-8(9)11-5-10-4-7(6)11/h2-5H,1H3. The van der Waals surface area contributed by atoms with Gasteiger partial charge in [-0.3, -0.25) is 4.40 Å². The molecule has 2 heterocycles. The molecule has 0 saturated heterocycles. The Bertz CT molecular complexity index is 356. The monoisotopic (exact) mass is 150 g/mol. The van der Waals surface area contributed by atoms with E-state index in [1.165, 1.54) is 16.8 Å². The van der Waals surface area contributed by atoms with E-state index in [1.54, 1.807) is 12.3 Å². The maximum atomic E-state index is 12.9. The Morgan fingerprint density at radius 2 is 2.27 bits per heavy atom. The van der Waals surface area contributed by atoms with Crippen LogP contribution in [0.15, 0.2) is 24.7 Å². The normalized spacial score (nSPS) is 10.7. The lowest BCUT2D eigenvalue weighted by atomic mass is 10.3. The van der Waals surface area contributed by atoms with Crippen LogP contribution in [0.3, 0.4) is 0 Å². The minimum atomic E-state index is -0.275. The Balaban J connectivity index is 2.96. The highest BCUT2D eigenvalue weighted by molar-refractivity contribution is 5.52. The van der Waals surface area contributed by atoms with Crippen LogP contribution in [-0.2, 0) is 0 Å². The first-order valence-electron chi connectivity index (χ1n) is 3.36. The van der Waals surface area contributed by atoms with Gasteiger partial charge < -0.3 is 0 Å². The van der Waals surface area contributed by atoms with Crippen molar-refractivity contribution in [2.24, 2.45) is 0 Å². The summed E-state index contributed by atoms with van der Waals surface area (Å²) in [5, 5.41) is 0. The van der Waals surface area contributed by atoms with Crippen molar-refractivity contribution in [3.05, 3.63) is 36.2 Å². The summed E-state index contributed by atoms with van der Waals surface area (Å²) >= 11 is 0. The Labute approximate surface area is 63.3 Å². The molecule has 2 nitrogen and oxygen atoms in total. The lowest BCUT2D eigenvalue weighted by Crippen LogP contribution is -1.90. The number of pyridine rings is 1. The summed E-state index contributed by atoms with van der Waals surface area (Å²) in [6, 6.07) is 3.18. The highest BCUT2D eigenvalue weighted by atomic mass is 19.1. The summed E-state index contributed by atoms with van der Waals surface area (Å²) in [4.78, 5) is 3.85. The van der Waals surface area contributed by atoms with Crippen LogP contribution in [-0.4, -0.2) is 9.38 Å². The molecule has 0 spiro atoms. The van der Waals surface area contributed by atoms with Gasteiger partial charge in [-0.1, -0.05) is 6.07 Å². The number of nitrogens with zero attached hydrogens (tertiary/aromatic N) is 2. The molecule has 0 aliphatic heterocycles. The van der Waals surface area contributed by atoms with Gasteiger partial charge in [-0.2, -0.15) is 4.39 Å². The number of hydrogen-bond donors (Lipinski definition) is 0. The number of halogens is 1. The lowest BCUT2D eigenvalue weighted by molar-refractivity contribution is 0.566. The van der Waals surface area contributed by atoms with Crippen LogP contribution in [0.5, 0.6) is 0 Å². The molecule has 2 aromatic rings. The summed E-state index contributed by atoms with van der Waals surface area (Å²) in [5.41, 5.74) is 1.86. The third-order valence-corrected chi connectivity index (χ3v) is 1.74. The first-order valence-corrected chi connectivity index (χ1v) is 3.36. The zero-order valence-corrected chi connectivity index (χ0v) is 6.08. The molecule has 11 heavy (non-hydrogen) atoms. The predicted octanol–water partition coefficient (Wildman–Crippen LogP) is 1.78. The molecule has 0 saturated carbocycles. The smallest absolute Gasteiger partial charge is 0.199 e. The van der Waals surface area contributed by atoms with Gasteiger partial charge in [-0.15, -0.1) is 0 Å². The van der Waals surface area contributed by atoms with E-state index in [-0.39, 0.29) is 5.95 Å². The molecule has 0 aromatic carbocycles. The fraction of sp³-hybridized carbons (Fsp3) is 0.125. The van der Waals surface area contributed by atoms with Crippen molar-refractivity contribution in [2.75, 3.05) is 0 Å². The molecule has 3 heteroatoms. The van der Waals surface area contributed by atoms with E-state index >= 15 is 0 Å². The fourth-order valence-electron chi connectivity index (χ4n) is 1.12. The van der Waals surface area contributed by atoms with Gasteiger partial charge in [0.1, 0.15) is 6.33 Å². The van der Waals surface area contributed by atoms with Gasteiger partial charge in [-0.05, 0) is 18.6 Å². The van der Waals surface area contributed by atoms with Crippen LogP contribution in [0.2, 0.25) is 0 Å². The summed E-state index contributed by atoms with van der Waals surface area (Å²) in [6.07, 6.45) is 3.12. The van der Waals surface area contributed by atoms with Crippen molar-refractivity contribution in [1.29, 1.82) is 0 Å². The first-order chi connectivity index (χ1) is 5.29. The molecule has 2 rings (SSSR count). The molecule has 0 amide bonds. The average molecular weight is 150 g/mol. The fourth-order valence-corrected chi connectivity index (χ4v) is 1.12. The van der Waals surface area contributed by atoms with E-state index in [0.717, 1.165) is 11.1 Å². The summed E-state index contributed by atoms with van der Waals surface area (Å²) < 4.78 is 14.3. The van der Waals surface area contributed by atoms with Crippen molar-refractivity contribution in [1.82, 2.24) is 9.38 Å². The quantitative estimate of drug-likeness (QED) is 0.523. The largest absolute Gasteiger partial charge is 0.275 e. The molecule has 0 fully saturated rings. The van der Waals surface area contributed by atoms with Crippen molar-refractivity contribution in [2.45, 2.75) is 6.92 Å². The number of rotatable bonds is 0. The Morgan fingerprint density at radius 1 is 1.45 bits per heavy atom. The molecule has 0 unspecified atom stereocenters. The van der Waals surface area contributed by atoms with Gasteiger partial charge in [0.2, 0.25) is 0 Å². The molecule has 0 aliphatic carbocycles. The number of aryl methyl sites for hydroxylation is 1. The van der Waals surface area contributed by atoms with Crippen LogP contribution in [0.25, 0.3) is 5.52 Å². The maximum Gasteiger partial charge on any atom is 0.199 e. The maximum absolute atomic E-state index is 12.9. The SMILES string of the molecule is Cc1ccc(F)n2cncc12. The van der Waals surface area contributed by atoms with Crippen molar-refractivity contribution >= 4 is 5.52 Å². The number of aromatic nitrogens is 2. The minimum Gasteiger partial charge on any atom is -0.275 e. The third-order valence-electron chi connectivity index (χ3n) is 1.74. The highest BCUT2D eigenvalue weighted by Gasteiger charge is 2.00. The molecule has 0 N–H and O–H groups in total. The van der Waals surface area contributed by atoms with E-state index in [4.69, 9.17) is 0 Å². The van der Waals surface area contributed by atoms with E-state index < -0.39 is 0 Å². The molecule has 0 bridgehead atoms. The second-order valence-corrected chi connectivity index (χ2v) is 2.49. The average Bonchev–Trinajstić information content (AvgIpc) is 2.45. The molecular formula is C8H7FN2. The van der Waals surface area contributed by atoms with E-state index in [0.29, 0.717) is 0 Å². The summed E-state index contributed by atoms with van der Waals surface area (Å²) in [7, 11) is 0. The third kappa shape index (κ3) is 0.808. The Morgan fingerprint density at radius 3 is 3.00 bits per heavy atom. The molecular weight excluding hydrogens is 143 g/mol. The van der Waals surface area contributed by atoms with Crippen molar-refractivity contribution in [3.8, 4) is 0 Å². The Hall–Kier alpha value is -1.38. The van der Waals surface area contributed by atoms with Crippen molar-refractivity contribution < 1.29 is 4.39 Å². The Kier molecular flexibility index (Phi) is 1.18. The van der Waals surface area contributed by atoms with Gasteiger partial charge in [0.05, 0.1) is 11.7 Å². The van der Waals surface area contributed by atoms with Gasteiger partial charge in [0.15, 0.2) is 5.95 Å². The van der Waals surface area contributed by atoms with Gasteiger partial charge >= 0.3 is 0 Å². The van der Waals surface area contributed by atoms with Crippen LogP contribution in [0.4, 0.5) is 4.39 Å². The van der Waals surface area contributed by atoms with E-state index in [9.17, 15) is 4.39 Å². The van der Waals surface area contributed by atoms with Crippen LogP contribution >= 0.6 is 0 Å². The van der Waals surface area contributed by atoms with E-state index in [2.05, 4.69) is 4.98 Å². The second-order valence-electron chi connectivity index (χ2n) is 2.49. The lowest BCUT2D eigenvalue weighted by Gasteiger charge is -1.97. The molecule has 0 aliphatic rings. The van der Waals surface area contributed by atoms with Crippen LogP contribution in [0, 0.1) is 12.9 Å². The molecule has 56 valence electrons. The second kappa shape index (κ2) is 2.05. The van der Waals surface area contributed by atoms with Crippen LogP contribution in [0.1, 0.15) is 5.56 Å². The van der Waals surface area contributed by atoms with Crippen LogP contribution < -0.4 is 0 Å². The number of hydrogen-bond acceptors (Lipinski definition) is 1. The summed E-state index contributed by atoms with van der Waals surface area (Å²) in [6.45, 7) is 1.93. The van der Waals surface area contributed by atoms with Crippen molar-refractivity contribution in [3.63, 3.8) is 0 Å². The highest BCUT2D eigenvalue weighted by Crippen LogP contribution is 2.10. The van der Waals surface area contributed by atoms with Gasteiger partial charge in [-0.25, -0.2) is 4.98 Å². The predicted molar refractivity (Wildman–Crippen MR) is 39.9 cm³/mol. The van der Waals surface area contributed by atoms with E-state index in [1.807, 2.05) is 6.92 Å². The minimum absolute atomic E-state index is 0.275. The first kappa shape index (κ1) is 6.34. The molecule has 2 aromatic heterocycles. The number of fused-ring (bicyclic) bond motifs is 1. The molecule has 0 radical (unpaired) electrons. The topological polar surface area (TPSA) is 17.3 Å². The van der Waals surface area contributed by atoms with Gasteiger partial charge in [0.25, 0.3) is 0 Å².